The quantitative estimate of drug-likeness (QED) is 0.868. The number of aromatic nitrogens is 1. The van der Waals surface area contributed by atoms with Crippen molar-refractivity contribution in [1.82, 2.24) is 13.8 Å². The molecular weight excluding hydrogens is 288 g/mol. The van der Waals surface area contributed by atoms with Crippen molar-refractivity contribution in [3.05, 3.63) is 18.0 Å². The molecule has 0 spiro atoms. The summed E-state index contributed by atoms with van der Waals surface area (Å²) in [6, 6.07) is 1.72. The summed E-state index contributed by atoms with van der Waals surface area (Å²) in [6.45, 7) is 6.08. The monoisotopic (exact) mass is 314 g/mol. The highest BCUT2D eigenvalue weighted by molar-refractivity contribution is 7.89. The number of rotatable bonds is 5. The Morgan fingerprint density at radius 2 is 2.00 bits per heavy atom. The van der Waals surface area contributed by atoms with Crippen LogP contribution in [0.5, 0.6) is 0 Å². The van der Waals surface area contributed by atoms with E-state index in [0.717, 1.165) is 38.2 Å². The molecule has 2 N–H and O–H groups in total. The molecule has 0 saturated carbocycles. The van der Waals surface area contributed by atoms with Gasteiger partial charge < -0.3 is 15.2 Å². The molecule has 0 bridgehead atoms. The van der Waals surface area contributed by atoms with E-state index >= 15 is 0 Å². The average molecular weight is 314 g/mol. The molecule has 1 fully saturated rings. The molecule has 0 amide bonds. The molecule has 0 aliphatic carbocycles. The van der Waals surface area contributed by atoms with Crippen molar-refractivity contribution in [2.24, 2.45) is 5.73 Å². The minimum Gasteiger partial charge on any atom is -0.349 e. The molecule has 21 heavy (non-hydrogen) atoms. The molecule has 0 unspecified atom stereocenters. The van der Waals surface area contributed by atoms with E-state index in [9.17, 15) is 8.42 Å². The van der Waals surface area contributed by atoms with Crippen molar-refractivity contribution >= 4 is 10.0 Å². The highest BCUT2D eigenvalue weighted by Gasteiger charge is 2.27. The van der Waals surface area contributed by atoms with Crippen LogP contribution in [0.4, 0.5) is 0 Å². The molecule has 2 rings (SSSR count). The van der Waals surface area contributed by atoms with Crippen molar-refractivity contribution in [1.29, 1.82) is 0 Å². The molecule has 0 aromatic carbocycles. The van der Waals surface area contributed by atoms with Gasteiger partial charge in [0.25, 0.3) is 0 Å². The topological polar surface area (TPSA) is 71.6 Å². The predicted octanol–water partition coefficient (Wildman–Crippen LogP) is 0.683. The van der Waals surface area contributed by atoms with Crippen molar-refractivity contribution in [2.45, 2.75) is 37.8 Å². The highest BCUT2D eigenvalue weighted by atomic mass is 32.2. The Hall–Kier alpha value is -0.890. The first kappa shape index (κ1) is 16.5. The Kier molecular flexibility index (Phi) is 5.43. The molecule has 1 saturated heterocycles. The Morgan fingerprint density at radius 3 is 2.67 bits per heavy atom. The molecule has 0 radical (unpaired) electrons. The maximum atomic E-state index is 12.8. The largest absolute Gasteiger partial charge is 0.349 e. The summed E-state index contributed by atoms with van der Waals surface area (Å²) >= 11 is 0. The number of hydrogen-bond donors (Lipinski definition) is 1. The van der Waals surface area contributed by atoms with Gasteiger partial charge in [0.2, 0.25) is 10.0 Å². The van der Waals surface area contributed by atoms with Gasteiger partial charge in [0.1, 0.15) is 4.90 Å². The number of hydrogen-bond acceptors (Lipinski definition) is 4. The lowest BCUT2D eigenvalue weighted by atomic mass is 10.4. The van der Waals surface area contributed by atoms with Gasteiger partial charge in [-0.3, -0.25) is 0 Å². The van der Waals surface area contributed by atoms with Crippen LogP contribution in [0, 0.1) is 0 Å². The van der Waals surface area contributed by atoms with E-state index in [0.29, 0.717) is 24.5 Å². The van der Waals surface area contributed by atoms with E-state index in [1.165, 1.54) is 0 Å². The SMILES string of the molecule is CCCn1cc(S(=O)(=O)N2CCCN(C)CC2)cc1CN. The number of sulfonamides is 1. The van der Waals surface area contributed by atoms with Crippen LogP contribution in [0.15, 0.2) is 17.2 Å². The zero-order chi connectivity index (χ0) is 15.5. The minimum atomic E-state index is -3.41. The third kappa shape index (κ3) is 3.66. The fourth-order valence-corrected chi connectivity index (χ4v) is 4.23. The fraction of sp³-hybridized carbons (Fsp3) is 0.714. The maximum Gasteiger partial charge on any atom is 0.244 e. The third-order valence-corrected chi connectivity index (χ3v) is 5.81. The number of likely N-dealkylation sites (N-methyl/N-ethyl adjacent to an activating group) is 1. The molecule has 1 aliphatic heterocycles. The second-order valence-electron chi connectivity index (χ2n) is 5.63. The first-order valence-corrected chi connectivity index (χ1v) is 9.01. The lowest BCUT2D eigenvalue weighted by Gasteiger charge is -2.19. The Balaban J connectivity index is 2.26. The van der Waals surface area contributed by atoms with Crippen molar-refractivity contribution in [3.8, 4) is 0 Å². The molecule has 7 heteroatoms. The summed E-state index contributed by atoms with van der Waals surface area (Å²) in [7, 11) is -1.38. The average Bonchev–Trinajstić information content (AvgIpc) is 2.73. The van der Waals surface area contributed by atoms with Gasteiger partial charge in [-0.1, -0.05) is 6.92 Å². The first-order valence-electron chi connectivity index (χ1n) is 7.57. The summed E-state index contributed by atoms with van der Waals surface area (Å²) in [4.78, 5) is 2.55. The van der Waals surface area contributed by atoms with E-state index in [2.05, 4.69) is 11.8 Å². The molecule has 1 aromatic rings. The normalized spacial score (nSPS) is 18.8. The van der Waals surface area contributed by atoms with Crippen LogP contribution in [0.25, 0.3) is 0 Å². The van der Waals surface area contributed by atoms with Gasteiger partial charge >= 0.3 is 0 Å². The van der Waals surface area contributed by atoms with Crippen molar-refractivity contribution in [2.75, 3.05) is 33.2 Å². The van der Waals surface area contributed by atoms with E-state index in [1.807, 2.05) is 11.6 Å². The summed E-state index contributed by atoms with van der Waals surface area (Å²) in [5, 5.41) is 0. The summed E-state index contributed by atoms with van der Waals surface area (Å²) in [5.41, 5.74) is 6.60. The lowest BCUT2D eigenvalue weighted by molar-refractivity contribution is 0.347. The van der Waals surface area contributed by atoms with Crippen LogP contribution >= 0.6 is 0 Å². The second kappa shape index (κ2) is 6.91. The van der Waals surface area contributed by atoms with E-state index in [4.69, 9.17) is 5.73 Å². The zero-order valence-corrected chi connectivity index (χ0v) is 13.8. The third-order valence-electron chi connectivity index (χ3n) is 3.95. The number of nitrogens with zero attached hydrogens (tertiary/aromatic N) is 3. The summed E-state index contributed by atoms with van der Waals surface area (Å²) in [5.74, 6) is 0. The lowest BCUT2D eigenvalue weighted by Crippen LogP contribution is -2.34. The Morgan fingerprint density at radius 1 is 1.24 bits per heavy atom. The maximum absolute atomic E-state index is 12.8. The molecule has 6 nitrogen and oxygen atoms in total. The molecule has 1 aliphatic rings. The van der Waals surface area contributed by atoms with Gasteiger partial charge in [-0.15, -0.1) is 0 Å². The van der Waals surface area contributed by atoms with Gasteiger partial charge in [0.15, 0.2) is 0 Å². The second-order valence-corrected chi connectivity index (χ2v) is 7.56. The van der Waals surface area contributed by atoms with E-state index < -0.39 is 10.0 Å². The van der Waals surface area contributed by atoms with E-state index in [1.54, 1.807) is 16.6 Å². The molecule has 1 aromatic heterocycles. The molecular formula is C14H26N4O2S. The highest BCUT2D eigenvalue weighted by Crippen LogP contribution is 2.20. The minimum absolute atomic E-state index is 0.359. The van der Waals surface area contributed by atoms with Gasteiger partial charge in [-0.2, -0.15) is 4.31 Å². The fourth-order valence-electron chi connectivity index (χ4n) is 2.70. The van der Waals surface area contributed by atoms with Gasteiger partial charge in [0.05, 0.1) is 0 Å². The molecule has 120 valence electrons. The van der Waals surface area contributed by atoms with Crippen LogP contribution in [-0.4, -0.2) is 55.4 Å². The summed E-state index contributed by atoms with van der Waals surface area (Å²) < 4.78 is 29.1. The molecule has 0 atom stereocenters. The zero-order valence-electron chi connectivity index (χ0n) is 13.0. The van der Waals surface area contributed by atoms with Crippen molar-refractivity contribution < 1.29 is 8.42 Å². The summed E-state index contributed by atoms with van der Waals surface area (Å²) in [6.07, 6.45) is 3.56. The van der Waals surface area contributed by atoms with E-state index in [-0.39, 0.29) is 0 Å². The number of nitrogens with two attached hydrogens (primary N) is 1. The first-order chi connectivity index (χ1) is 9.98. The number of aryl methyl sites for hydroxylation is 1. The van der Waals surface area contributed by atoms with Gasteiger partial charge in [-0.25, -0.2) is 8.42 Å². The Labute approximate surface area is 127 Å². The van der Waals surface area contributed by atoms with Crippen LogP contribution in [0.1, 0.15) is 25.5 Å². The van der Waals surface area contributed by atoms with Crippen LogP contribution in [0.2, 0.25) is 0 Å². The standard InChI is InChI=1S/C14H26N4O2S/c1-3-5-17-12-14(10-13(17)11-15)21(19,20)18-7-4-6-16(2)8-9-18/h10,12H,3-9,11,15H2,1-2H3. The van der Waals surface area contributed by atoms with Crippen molar-refractivity contribution in [3.63, 3.8) is 0 Å². The van der Waals surface area contributed by atoms with Gasteiger partial charge in [-0.05, 0) is 32.5 Å². The Bertz CT molecular complexity index is 568. The van der Waals surface area contributed by atoms with Crippen LogP contribution in [0.3, 0.4) is 0 Å². The predicted molar refractivity (Wildman–Crippen MR) is 83.5 cm³/mol. The smallest absolute Gasteiger partial charge is 0.244 e. The van der Waals surface area contributed by atoms with Crippen LogP contribution in [-0.2, 0) is 23.1 Å². The molecule has 2 heterocycles. The van der Waals surface area contributed by atoms with Gasteiger partial charge in [0, 0.05) is 44.6 Å². The van der Waals surface area contributed by atoms with Crippen LogP contribution < -0.4 is 5.73 Å².